The molecule has 48 heavy (non-hydrogen) atoms. The zero-order chi connectivity index (χ0) is 35.7. The molecule has 0 spiro atoms. The number of nitrogens with zero attached hydrogens (tertiary/aromatic N) is 1. The summed E-state index contributed by atoms with van der Waals surface area (Å²) in [6.45, 7) is 15.5. The Hall–Kier alpha value is -3.00. The molecule has 4 N–H and O–H groups in total. The number of nitrogens with one attached hydrogen (secondary N) is 4. The molecule has 4 fully saturated rings. The van der Waals surface area contributed by atoms with Gasteiger partial charge in [0.1, 0.15) is 12.1 Å². The van der Waals surface area contributed by atoms with Gasteiger partial charge in [0, 0.05) is 13.1 Å². The summed E-state index contributed by atoms with van der Waals surface area (Å²) in [7, 11) is -3.58. The second-order valence-corrected chi connectivity index (χ2v) is 17.8. The molecule has 3 unspecified atom stereocenters. The van der Waals surface area contributed by atoms with Gasteiger partial charge in [-0.3, -0.25) is 19.2 Å². The first-order valence-electron chi connectivity index (χ1n) is 17.4. The van der Waals surface area contributed by atoms with E-state index in [0.717, 1.165) is 25.7 Å². The van der Waals surface area contributed by atoms with E-state index < -0.39 is 73.9 Å². The Bertz CT molecular complexity index is 1380. The number of unbranched alkanes of at least 4 members (excludes halogenated alkanes) is 1. The lowest BCUT2D eigenvalue weighted by Gasteiger charge is -2.42. The zero-order valence-corrected chi connectivity index (χ0v) is 30.2. The van der Waals surface area contributed by atoms with Crippen LogP contribution in [0.5, 0.6) is 0 Å². The molecule has 2 saturated heterocycles. The van der Waals surface area contributed by atoms with Crippen molar-refractivity contribution in [3.63, 3.8) is 0 Å². The van der Waals surface area contributed by atoms with Crippen molar-refractivity contribution in [2.75, 3.05) is 25.4 Å². The molecular formula is C34H55N5O8S. The van der Waals surface area contributed by atoms with Crippen LogP contribution in [-0.2, 0) is 33.8 Å². The number of ketones is 1. The first-order chi connectivity index (χ1) is 22.4. The highest BCUT2D eigenvalue weighted by atomic mass is 32.2. The van der Waals surface area contributed by atoms with Crippen molar-refractivity contribution >= 4 is 39.4 Å². The van der Waals surface area contributed by atoms with Crippen LogP contribution in [0, 0.1) is 22.7 Å². The van der Waals surface area contributed by atoms with E-state index in [0.29, 0.717) is 25.8 Å². The number of hydrogen-bond donors (Lipinski definition) is 4. The Labute approximate surface area is 285 Å². The Morgan fingerprint density at radius 3 is 2.29 bits per heavy atom. The summed E-state index contributed by atoms with van der Waals surface area (Å²) in [5.74, 6) is -2.73. The Kier molecular flexibility index (Phi) is 11.4. The first kappa shape index (κ1) is 37.8. The molecule has 5 amide bonds. The largest absolute Gasteiger partial charge is 0.359 e. The summed E-state index contributed by atoms with van der Waals surface area (Å²) in [5, 5.41) is 11.1. The standard InChI is InChI=1S/C34H55N5O8S/c1-8-10-14-22(25(40)28(42)35-17-9-2)36-27(41)24-23-21(33(23,6)7)20-39(24)29(43)26(32(3,4)5)37-31(44)38-34(15-12-11-13-16-34)30-47-18-19-48(30,45)46/h9,21-24,26,30H,2,8,10-20H2,1,3-7H3,(H,35,42)(H,36,41)(H2,37,38,44)/t21?,22?,23?,24-,26+,30+/m0/s1. The molecule has 4 rings (SSSR count). The van der Waals surface area contributed by atoms with E-state index in [-0.39, 0.29) is 42.6 Å². The van der Waals surface area contributed by atoms with Crippen LogP contribution in [0.4, 0.5) is 4.79 Å². The normalized spacial score (nSPS) is 27.9. The Balaban J connectivity index is 1.55. The fraction of sp³-hybridized carbons (Fsp3) is 0.794. The van der Waals surface area contributed by atoms with Gasteiger partial charge in [-0.15, -0.1) is 6.58 Å². The molecule has 0 aromatic carbocycles. The minimum Gasteiger partial charge on any atom is -0.359 e. The monoisotopic (exact) mass is 693 g/mol. The van der Waals surface area contributed by atoms with Gasteiger partial charge in [-0.1, -0.05) is 79.7 Å². The van der Waals surface area contributed by atoms with Crippen LogP contribution in [-0.4, -0.2) is 97.4 Å². The molecule has 4 aliphatic rings. The van der Waals surface area contributed by atoms with E-state index in [2.05, 4.69) is 27.8 Å². The number of carbonyl (C=O) groups excluding carboxylic acids is 5. The number of rotatable bonds is 13. The molecule has 2 saturated carbocycles. The average Bonchev–Trinajstić information content (AvgIpc) is 3.33. The van der Waals surface area contributed by atoms with E-state index in [1.54, 1.807) is 0 Å². The SMILES string of the molecule is C=CCNC(=O)C(=O)C(CCCC)NC(=O)[C@@H]1C2C(CN1C(=O)[C@@H](NC(=O)NC1([C@@H]3OCCS3(=O)=O)CCCCC1)C(C)(C)C)C2(C)C. The molecule has 270 valence electrons. The van der Waals surface area contributed by atoms with E-state index in [1.807, 2.05) is 41.5 Å². The number of ether oxygens (including phenoxy) is 1. The maximum absolute atomic E-state index is 14.4. The lowest BCUT2D eigenvalue weighted by Crippen LogP contribution is -2.65. The zero-order valence-electron chi connectivity index (χ0n) is 29.4. The second kappa shape index (κ2) is 14.5. The van der Waals surface area contributed by atoms with Crippen molar-refractivity contribution in [3.05, 3.63) is 12.7 Å². The third-order valence-electron chi connectivity index (χ3n) is 10.8. The number of hydrogen-bond acceptors (Lipinski definition) is 8. The summed E-state index contributed by atoms with van der Waals surface area (Å²) >= 11 is 0. The molecule has 0 radical (unpaired) electrons. The van der Waals surface area contributed by atoms with Crippen molar-refractivity contribution in [3.8, 4) is 0 Å². The van der Waals surface area contributed by atoms with Gasteiger partial charge in [0.25, 0.3) is 5.91 Å². The molecule has 0 aromatic rings. The predicted molar refractivity (Wildman–Crippen MR) is 180 cm³/mol. The van der Waals surface area contributed by atoms with E-state index in [9.17, 15) is 32.4 Å². The Morgan fingerprint density at radius 2 is 1.73 bits per heavy atom. The number of urea groups is 1. The number of amides is 5. The van der Waals surface area contributed by atoms with Crippen LogP contribution in [0.2, 0.25) is 0 Å². The molecule has 14 heteroatoms. The van der Waals surface area contributed by atoms with Crippen molar-refractivity contribution < 1.29 is 37.1 Å². The van der Waals surface area contributed by atoms with Gasteiger partial charge < -0.3 is 30.9 Å². The molecule has 0 aromatic heterocycles. The van der Waals surface area contributed by atoms with Gasteiger partial charge >= 0.3 is 6.03 Å². The van der Waals surface area contributed by atoms with E-state index in [4.69, 9.17) is 4.74 Å². The predicted octanol–water partition coefficient (Wildman–Crippen LogP) is 2.20. The summed E-state index contributed by atoms with van der Waals surface area (Å²) in [6.07, 6.45) is 6.36. The van der Waals surface area contributed by atoms with Gasteiger partial charge in [-0.25, -0.2) is 13.2 Å². The third kappa shape index (κ3) is 7.74. The fourth-order valence-electron chi connectivity index (χ4n) is 7.95. The summed E-state index contributed by atoms with van der Waals surface area (Å²) in [4.78, 5) is 69.3. The average molecular weight is 694 g/mol. The van der Waals surface area contributed by atoms with Crippen molar-refractivity contribution in [1.29, 1.82) is 0 Å². The Morgan fingerprint density at radius 1 is 1.06 bits per heavy atom. The smallest absolute Gasteiger partial charge is 0.316 e. The van der Waals surface area contributed by atoms with E-state index in [1.165, 1.54) is 11.0 Å². The molecule has 0 bridgehead atoms. The molecule has 6 atom stereocenters. The van der Waals surface area contributed by atoms with Crippen molar-refractivity contribution in [2.45, 2.75) is 122 Å². The van der Waals surface area contributed by atoms with Gasteiger partial charge in [0.2, 0.25) is 17.6 Å². The van der Waals surface area contributed by atoms with Gasteiger partial charge in [-0.05, 0) is 41.9 Å². The molecular weight excluding hydrogens is 638 g/mol. The third-order valence-corrected chi connectivity index (χ3v) is 12.8. The maximum Gasteiger partial charge on any atom is 0.316 e. The van der Waals surface area contributed by atoms with Crippen LogP contribution >= 0.6 is 0 Å². The quantitative estimate of drug-likeness (QED) is 0.167. The summed E-state index contributed by atoms with van der Waals surface area (Å²) in [5.41, 5.74) is -3.26. The minimum atomic E-state index is -3.58. The number of fused-ring (bicyclic) bond motifs is 1. The van der Waals surface area contributed by atoms with Crippen molar-refractivity contribution in [1.82, 2.24) is 26.2 Å². The maximum atomic E-state index is 14.4. The lowest BCUT2D eigenvalue weighted by atomic mass is 9.82. The number of likely N-dealkylation sites (tertiary alicyclic amines) is 1. The highest BCUT2D eigenvalue weighted by Crippen LogP contribution is 2.65. The second-order valence-electron chi connectivity index (χ2n) is 15.6. The van der Waals surface area contributed by atoms with Crippen LogP contribution in [0.1, 0.15) is 92.9 Å². The topological polar surface area (TPSA) is 180 Å². The molecule has 13 nitrogen and oxygen atoms in total. The van der Waals surface area contributed by atoms with Crippen LogP contribution in [0.25, 0.3) is 0 Å². The number of sulfone groups is 1. The molecule has 2 heterocycles. The fourth-order valence-corrected chi connectivity index (χ4v) is 9.78. The summed E-state index contributed by atoms with van der Waals surface area (Å²) < 4.78 is 31.5. The summed E-state index contributed by atoms with van der Waals surface area (Å²) in [6, 6.07) is -3.68. The number of carbonyl (C=O) groups is 5. The highest BCUT2D eigenvalue weighted by Gasteiger charge is 2.70. The number of piperidine rings is 1. The minimum absolute atomic E-state index is 0.0440. The highest BCUT2D eigenvalue weighted by molar-refractivity contribution is 7.92. The molecule has 2 aliphatic heterocycles. The number of Topliss-reactive ketones (excluding diaryl/α,β-unsaturated/α-hetero) is 1. The van der Waals surface area contributed by atoms with Crippen LogP contribution in [0.15, 0.2) is 12.7 Å². The van der Waals surface area contributed by atoms with Crippen LogP contribution in [0.3, 0.4) is 0 Å². The van der Waals surface area contributed by atoms with Gasteiger partial charge in [-0.2, -0.15) is 0 Å². The van der Waals surface area contributed by atoms with Crippen LogP contribution < -0.4 is 21.3 Å². The van der Waals surface area contributed by atoms with Crippen molar-refractivity contribution in [2.24, 2.45) is 22.7 Å². The lowest BCUT2D eigenvalue weighted by molar-refractivity contribution is -0.145. The first-order valence-corrected chi connectivity index (χ1v) is 19.1. The van der Waals surface area contributed by atoms with E-state index >= 15 is 0 Å². The van der Waals surface area contributed by atoms with Gasteiger partial charge in [0.15, 0.2) is 15.3 Å². The molecule has 2 aliphatic carbocycles. The van der Waals surface area contributed by atoms with Gasteiger partial charge in [0.05, 0.1) is 23.9 Å².